The molecule has 1 aromatic heterocycles. The van der Waals surface area contributed by atoms with Crippen LogP contribution in [0.1, 0.15) is 23.2 Å². The van der Waals surface area contributed by atoms with Gasteiger partial charge in [-0.1, -0.05) is 6.07 Å². The van der Waals surface area contributed by atoms with Gasteiger partial charge in [-0.3, -0.25) is 4.79 Å². The second-order valence-electron chi connectivity index (χ2n) is 6.69. The number of carbonyl (C=O) groups excluding carboxylic acids is 1. The Morgan fingerprint density at radius 3 is 2.70 bits per heavy atom. The molecule has 27 heavy (non-hydrogen) atoms. The summed E-state index contributed by atoms with van der Waals surface area (Å²) in [4.78, 5) is 19.0. The molecule has 2 aliphatic heterocycles. The fraction of sp³-hybridized carbons (Fsp3) is 0.400. The van der Waals surface area contributed by atoms with Gasteiger partial charge in [0.25, 0.3) is 5.91 Å². The van der Waals surface area contributed by atoms with Gasteiger partial charge in [0.1, 0.15) is 11.6 Å². The van der Waals surface area contributed by atoms with Gasteiger partial charge in [0, 0.05) is 49.4 Å². The summed E-state index contributed by atoms with van der Waals surface area (Å²) in [6, 6.07) is 11.1. The van der Waals surface area contributed by atoms with Gasteiger partial charge >= 0.3 is 0 Å². The minimum atomic E-state index is -0.478. The summed E-state index contributed by atoms with van der Waals surface area (Å²) in [7, 11) is 1.63. The number of nitrogens with zero attached hydrogens (tertiary/aromatic N) is 2. The van der Waals surface area contributed by atoms with Gasteiger partial charge in [0.05, 0.1) is 20.3 Å². The number of nitrogens with one attached hydrogen (secondary N) is 1. The fourth-order valence-corrected chi connectivity index (χ4v) is 3.50. The number of aromatic nitrogens is 1. The van der Waals surface area contributed by atoms with Crippen molar-refractivity contribution in [3.63, 3.8) is 0 Å². The van der Waals surface area contributed by atoms with Crippen molar-refractivity contribution in [2.45, 2.75) is 18.6 Å². The average Bonchev–Trinajstić information content (AvgIpc) is 3.16. The molecule has 0 aliphatic carbocycles. The molecule has 0 unspecified atom stereocenters. The van der Waals surface area contributed by atoms with Crippen molar-refractivity contribution >= 4 is 17.4 Å². The maximum atomic E-state index is 12.9. The van der Waals surface area contributed by atoms with E-state index in [0.29, 0.717) is 50.5 Å². The van der Waals surface area contributed by atoms with Crippen LogP contribution in [-0.2, 0) is 9.47 Å². The first-order valence-corrected chi connectivity index (χ1v) is 9.12. The molecular formula is C20H23N3O4. The molecule has 3 heterocycles. The van der Waals surface area contributed by atoms with E-state index in [9.17, 15) is 4.79 Å². The van der Waals surface area contributed by atoms with Crippen molar-refractivity contribution in [2.75, 3.05) is 38.7 Å². The summed E-state index contributed by atoms with van der Waals surface area (Å²) in [6.45, 7) is 2.52. The maximum Gasteiger partial charge on any atom is 0.254 e. The van der Waals surface area contributed by atoms with Gasteiger partial charge in [0.15, 0.2) is 5.79 Å². The summed E-state index contributed by atoms with van der Waals surface area (Å²) >= 11 is 0. The summed E-state index contributed by atoms with van der Waals surface area (Å²) in [5, 5.41) is 3.21. The lowest BCUT2D eigenvalue weighted by Crippen LogP contribution is -2.47. The molecule has 0 radical (unpaired) electrons. The number of rotatable bonds is 4. The van der Waals surface area contributed by atoms with Gasteiger partial charge < -0.3 is 24.4 Å². The molecule has 1 spiro atoms. The third-order valence-corrected chi connectivity index (χ3v) is 4.98. The van der Waals surface area contributed by atoms with E-state index in [1.54, 1.807) is 25.4 Å². The molecule has 1 N–H and O–H groups in total. The van der Waals surface area contributed by atoms with E-state index >= 15 is 0 Å². The van der Waals surface area contributed by atoms with E-state index in [1.165, 1.54) is 0 Å². The predicted molar refractivity (Wildman–Crippen MR) is 100 cm³/mol. The quantitative estimate of drug-likeness (QED) is 0.893. The molecule has 142 valence electrons. The lowest BCUT2D eigenvalue weighted by atomic mass is 10.0. The standard InChI is InChI=1S/C20H23N3O4/c1-25-17-4-2-3-16(14-17)22-18-13-15(5-8-21-18)19(24)23-9-6-20(7-10-23)26-11-12-27-20/h2-5,8,13-14H,6-7,9-12H2,1H3,(H,21,22). The Hall–Kier alpha value is -2.64. The van der Waals surface area contributed by atoms with Crippen LogP contribution in [0.5, 0.6) is 5.75 Å². The maximum absolute atomic E-state index is 12.9. The molecule has 4 rings (SSSR count). The predicted octanol–water partition coefficient (Wildman–Crippen LogP) is 2.81. The monoisotopic (exact) mass is 369 g/mol. The molecule has 7 nitrogen and oxygen atoms in total. The number of pyridine rings is 1. The van der Waals surface area contributed by atoms with Gasteiger partial charge in [-0.05, 0) is 24.3 Å². The second-order valence-corrected chi connectivity index (χ2v) is 6.69. The lowest BCUT2D eigenvalue weighted by molar-refractivity contribution is -0.181. The summed E-state index contributed by atoms with van der Waals surface area (Å²) in [5.41, 5.74) is 1.46. The van der Waals surface area contributed by atoms with Crippen molar-refractivity contribution in [3.8, 4) is 5.75 Å². The number of methoxy groups -OCH3 is 1. The first kappa shape index (κ1) is 17.8. The number of benzene rings is 1. The van der Waals surface area contributed by atoms with E-state index in [2.05, 4.69) is 10.3 Å². The number of hydrogen-bond acceptors (Lipinski definition) is 6. The topological polar surface area (TPSA) is 72.9 Å². The molecule has 1 amide bonds. The van der Waals surface area contributed by atoms with Gasteiger partial charge in [-0.2, -0.15) is 0 Å². The summed E-state index contributed by atoms with van der Waals surface area (Å²) in [5.74, 6) is 0.892. The second kappa shape index (κ2) is 7.54. The smallest absolute Gasteiger partial charge is 0.254 e. The number of ether oxygens (including phenoxy) is 3. The largest absolute Gasteiger partial charge is 0.497 e. The number of piperidine rings is 1. The zero-order valence-electron chi connectivity index (χ0n) is 15.3. The zero-order chi connectivity index (χ0) is 18.7. The number of hydrogen-bond donors (Lipinski definition) is 1. The van der Waals surface area contributed by atoms with Crippen LogP contribution in [0.3, 0.4) is 0 Å². The molecular weight excluding hydrogens is 346 g/mol. The molecule has 2 aromatic rings. The number of carbonyl (C=O) groups is 1. The molecule has 0 saturated carbocycles. The van der Waals surface area contributed by atoms with E-state index in [1.807, 2.05) is 29.2 Å². The highest BCUT2D eigenvalue weighted by Gasteiger charge is 2.40. The normalized spacial score (nSPS) is 18.5. The highest BCUT2D eigenvalue weighted by molar-refractivity contribution is 5.95. The Kier molecular flexibility index (Phi) is 4.96. The van der Waals surface area contributed by atoms with Crippen LogP contribution in [0.2, 0.25) is 0 Å². The van der Waals surface area contributed by atoms with Crippen LogP contribution < -0.4 is 10.1 Å². The molecule has 0 atom stereocenters. The number of likely N-dealkylation sites (tertiary alicyclic amines) is 1. The van der Waals surface area contributed by atoms with Crippen molar-refractivity contribution < 1.29 is 19.0 Å². The molecule has 0 bridgehead atoms. The Morgan fingerprint density at radius 1 is 1.19 bits per heavy atom. The number of amides is 1. The van der Waals surface area contributed by atoms with Crippen LogP contribution in [-0.4, -0.2) is 55.0 Å². The minimum Gasteiger partial charge on any atom is -0.497 e. The van der Waals surface area contributed by atoms with E-state index in [0.717, 1.165) is 11.4 Å². The van der Waals surface area contributed by atoms with Gasteiger partial charge in [-0.25, -0.2) is 4.98 Å². The SMILES string of the molecule is COc1cccc(Nc2cc(C(=O)N3CCC4(CC3)OCCO4)ccn2)c1. The average molecular weight is 369 g/mol. The zero-order valence-corrected chi connectivity index (χ0v) is 15.3. The van der Waals surface area contributed by atoms with Crippen LogP contribution >= 0.6 is 0 Å². The third kappa shape index (κ3) is 3.89. The van der Waals surface area contributed by atoms with Crippen LogP contribution in [0.15, 0.2) is 42.6 Å². The highest BCUT2D eigenvalue weighted by atomic mass is 16.7. The number of anilines is 2. The fourth-order valence-electron chi connectivity index (χ4n) is 3.50. The Morgan fingerprint density at radius 2 is 1.96 bits per heavy atom. The van der Waals surface area contributed by atoms with Crippen molar-refractivity contribution in [3.05, 3.63) is 48.2 Å². The Balaban J connectivity index is 1.43. The third-order valence-electron chi connectivity index (χ3n) is 4.98. The molecule has 1 aromatic carbocycles. The minimum absolute atomic E-state index is 0.000982. The van der Waals surface area contributed by atoms with Crippen LogP contribution in [0.25, 0.3) is 0 Å². The van der Waals surface area contributed by atoms with E-state index < -0.39 is 5.79 Å². The highest BCUT2D eigenvalue weighted by Crippen LogP contribution is 2.32. The molecule has 2 fully saturated rings. The van der Waals surface area contributed by atoms with Gasteiger partial charge in [0.2, 0.25) is 0 Å². The van der Waals surface area contributed by atoms with Gasteiger partial charge in [-0.15, -0.1) is 0 Å². The van der Waals surface area contributed by atoms with E-state index in [4.69, 9.17) is 14.2 Å². The Labute approximate surface area is 158 Å². The summed E-state index contributed by atoms with van der Waals surface area (Å²) < 4.78 is 16.7. The van der Waals surface area contributed by atoms with Crippen LogP contribution in [0, 0.1) is 0 Å². The Bertz CT molecular complexity index is 810. The summed E-state index contributed by atoms with van der Waals surface area (Å²) in [6.07, 6.45) is 3.06. The molecule has 7 heteroatoms. The lowest BCUT2D eigenvalue weighted by Gasteiger charge is -2.37. The molecule has 2 saturated heterocycles. The van der Waals surface area contributed by atoms with Crippen molar-refractivity contribution in [1.29, 1.82) is 0 Å². The van der Waals surface area contributed by atoms with E-state index in [-0.39, 0.29) is 5.91 Å². The molecule has 2 aliphatic rings. The van der Waals surface area contributed by atoms with Crippen molar-refractivity contribution in [1.82, 2.24) is 9.88 Å². The first-order valence-electron chi connectivity index (χ1n) is 9.12. The first-order chi connectivity index (χ1) is 13.2. The van der Waals surface area contributed by atoms with Crippen molar-refractivity contribution in [2.24, 2.45) is 0 Å². The van der Waals surface area contributed by atoms with Crippen LogP contribution in [0.4, 0.5) is 11.5 Å².